The minimum atomic E-state index is -0.0269. The van der Waals surface area contributed by atoms with Gasteiger partial charge < -0.3 is 14.5 Å². The molecule has 0 bridgehead atoms. The average molecular weight is 368 g/mol. The number of aromatic amines is 1. The van der Waals surface area contributed by atoms with Gasteiger partial charge in [-0.2, -0.15) is 5.10 Å². The summed E-state index contributed by atoms with van der Waals surface area (Å²) < 4.78 is 5.36. The standard InChI is InChI=1S/C20H24N4O3/c1-2-27-13-18(25)24-11-15-10-23(20(26)17-8-9-21-22-17)12-16(15)19(24)14-6-4-3-5-7-14/h3-9,15-16,19H,2,10-13H2,1H3,(H,21,22)/t15-,16-,19-/m0/s1. The number of ether oxygens (including phenoxy) is 1. The monoisotopic (exact) mass is 368 g/mol. The minimum absolute atomic E-state index is 0.0200. The van der Waals surface area contributed by atoms with Crippen LogP contribution in [0.25, 0.3) is 0 Å². The number of carbonyl (C=O) groups is 2. The molecule has 1 aromatic carbocycles. The molecule has 2 amide bonds. The average Bonchev–Trinajstić information content (AvgIpc) is 3.41. The number of hydrogen-bond donors (Lipinski definition) is 1. The number of carbonyl (C=O) groups excluding carboxylic acids is 2. The van der Waals surface area contributed by atoms with Gasteiger partial charge in [0.2, 0.25) is 5.91 Å². The summed E-state index contributed by atoms with van der Waals surface area (Å²) in [6.45, 7) is 4.47. The van der Waals surface area contributed by atoms with Crippen LogP contribution in [0.15, 0.2) is 42.6 Å². The summed E-state index contributed by atoms with van der Waals surface area (Å²) in [6.07, 6.45) is 1.59. The van der Waals surface area contributed by atoms with Gasteiger partial charge in [-0.3, -0.25) is 14.7 Å². The molecule has 3 heterocycles. The second-order valence-electron chi connectivity index (χ2n) is 7.14. The van der Waals surface area contributed by atoms with Crippen molar-refractivity contribution in [2.24, 2.45) is 11.8 Å². The summed E-state index contributed by atoms with van der Waals surface area (Å²) in [5.74, 6) is 0.491. The topological polar surface area (TPSA) is 78.5 Å². The van der Waals surface area contributed by atoms with E-state index in [-0.39, 0.29) is 36.3 Å². The number of aromatic nitrogens is 2. The van der Waals surface area contributed by atoms with Gasteiger partial charge in [0.1, 0.15) is 12.3 Å². The highest BCUT2D eigenvalue weighted by Crippen LogP contribution is 2.45. The van der Waals surface area contributed by atoms with Crippen molar-refractivity contribution in [1.29, 1.82) is 0 Å². The van der Waals surface area contributed by atoms with E-state index in [0.717, 1.165) is 5.56 Å². The Hall–Kier alpha value is -2.67. The zero-order valence-corrected chi connectivity index (χ0v) is 15.4. The highest BCUT2D eigenvalue weighted by molar-refractivity contribution is 5.92. The normalized spacial score (nSPS) is 24.3. The van der Waals surface area contributed by atoms with Crippen LogP contribution in [0.4, 0.5) is 0 Å². The van der Waals surface area contributed by atoms with Gasteiger partial charge in [-0.1, -0.05) is 30.3 Å². The molecule has 0 aliphatic carbocycles. The lowest BCUT2D eigenvalue weighted by Crippen LogP contribution is -2.39. The van der Waals surface area contributed by atoms with Crippen LogP contribution in [0.1, 0.15) is 29.0 Å². The molecular formula is C20H24N4O3. The predicted octanol–water partition coefficient (Wildman–Crippen LogP) is 1.72. The smallest absolute Gasteiger partial charge is 0.271 e. The fraction of sp³-hybridized carbons (Fsp3) is 0.450. The molecule has 0 unspecified atom stereocenters. The van der Waals surface area contributed by atoms with Crippen LogP contribution in [0, 0.1) is 11.8 Å². The SMILES string of the molecule is CCOCC(=O)N1C[C@@H]2CN(C(=O)c3ccn[nH]3)C[C@@H]2[C@@H]1c1ccccc1. The quantitative estimate of drug-likeness (QED) is 0.872. The molecule has 1 aromatic heterocycles. The summed E-state index contributed by atoms with van der Waals surface area (Å²) in [6, 6.07) is 11.8. The van der Waals surface area contributed by atoms with Crippen LogP contribution < -0.4 is 0 Å². The molecule has 3 atom stereocenters. The van der Waals surface area contributed by atoms with Crippen LogP contribution in [0.3, 0.4) is 0 Å². The minimum Gasteiger partial charge on any atom is -0.372 e. The Balaban J connectivity index is 1.56. The molecular weight excluding hydrogens is 344 g/mol. The molecule has 0 spiro atoms. The Kier molecular flexibility index (Phi) is 4.94. The Morgan fingerprint density at radius 1 is 1.19 bits per heavy atom. The van der Waals surface area contributed by atoms with E-state index < -0.39 is 0 Å². The Morgan fingerprint density at radius 3 is 2.70 bits per heavy atom. The number of benzene rings is 1. The van der Waals surface area contributed by atoms with E-state index in [9.17, 15) is 9.59 Å². The number of amides is 2. The third-order valence-electron chi connectivity index (χ3n) is 5.57. The predicted molar refractivity (Wildman–Crippen MR) is 98.9 cm³/mol. The van der Waals surface area contributed by atoms with Gasteiger partial charge in [0.25, 0.3) is 5.91 Å². The van der Waals surface area contributed by atoms with Gasteiger partial charge in [-0.25, -0.2) is 0 Å². The lowest BCUT2D eigenvalue weighted by Gasteiger charge is -2.30. The highest BCUT2D eigenvalue weighted by atomic mass is 16.5. The highest BCUT2D eigenvalue weighted by Gasteiger charge is 2.50. The van der Waals surface area contributed by atoms with Crippen LogP contribution in [-0.4, -0.2) is 64.7 Å². The van der Waals surface area contributed by atoms with Crippen molar-refractivity contribution < 1.29 is 14.3 Å². The lowest BCUT2D eigenvalue weighted by atomic mass is 9.89. The van der Waals surface area contributed by atoms with E-state index in [1.54, 1.807) is 12.3 Å². The molecule has 7 nitrogen and oxygen atoms in total. The van der Waals surface area contributed by atoms with Crippen LogP contribution >= 0.6 is 0 Å². The maximum atomic E-state index is 12.7. The number of hydrogen-bond acceptors (Lipinski definition) is 4. The zero-order chi connectivity index (χ0) is 18.8. The largest absolute Gasteiger partial charge is 0.372 e. The van der Waals surface area contributed by atoms with Gasteiger partial charge in [0.15, 0.2) is 0 Å². The van der Waals surface area contributed by atoms with Crippen molar-refractivity contribution in [3.63, 3.8) is 0 Å². The van der Waals surface area contributed by atoms with Crippen LogP contribution in [0.2, 0.25) is 0 Å². The fourth-order valence-corrected chi connectivity index (χ4v) is 4.36. The second-order valence-corrected chi connectivity index (χ2v) is 7.14. The maximum Gasteiger partial charge on any atom is 0.271 e. The third kappa shape index (κ3) is 3.35. The molecule has 2 aliphatic rings. The molecule has 1 N–H and O–H groups in total. The van der Waals surface area contributed by atoms with Crippen molar-refractivity contribution in [2.75, 3.05) is 32.8 Å². The van der Waals surface area contributed by atoms with E-state index in [1.165, 1.54) is 0 Å². The van der Waals surface area contributed by atoms with Crippen molar-refractivity contribution in [1.82, 2.24) is 20.0 Å². The number of rotatable bonds is 5. The van der Waals surface area contributed by atoms with E-state index in [1.807, 2.05) is 34.9 Å². The summed E-state index contributed by atoms with van der Waals surface area (Å²) in [5, 5.41) is 6.62. The number of nitrogens with one attached hydrogen (secondary N) is 1. The first kappa shape index (κ1) is 17.7. The van der Waals surface area contributed by atoms with Crippen molar-refractivity contribution in [3.05, 3.63) is 53.9 Å². The van der Waals surface area contributed by atoms with Crippen LogP contribution in [0.5, 0.6) is 0 Å². The molecule has 2 aliphatic heterocycles. The summed E-state index contributed by atoms with van der Waals surface area (Å²) in [4.78, 5) is 29.2. The first-order valence-corrected chi connectivity index (χ1v) is 9.39. The molecule has 2 fully saturated rings. The van der Waals surface area contributed by atoms with E-state index >= 15 is 0 Å². The first-order chi connectivity index (χ1) is 13.2. The molecule has 0 saturated carbocycles. The summed E-state index contributed by atoms with van der Waals surface area (Å²) in [7, 11) is 0. The summed E-state index contributed by atoms with van der Waals surface area (Å²) in [5.41, 5.74) is 1.63. The van der Waals surface area contributed by atoms with Gasteiger partial charge >= 0.3 is 0 Å². The first-order valence-electron chi connectivity index (χ1n) is 9.39. The number of nitrogens with zero attached hydrogens (tertiary/aromatic N) is 3. The number of fused-ring (bicyclic) bond motifs is 1. The van der Waals surface area contributed by atoms with Crippen molar-refractivity contribution >= 4 is 11.8 Å². The molecule has 4 rings (SSSR count). The Morgan fingerprint density at radius 2 is 2.00 bits per heavy atom. The van der Waals surface area contributed by atoms with Crippen LogP contribution in [-0.2, 0) is 9.53 Å². The van der Waals surface area contributed by atoms with Gasteiger partial charge in [-0.05, 0) is 18.6 Å². The molecule has 27 heavy (non-hydrogen) atoms. The van der Waals surface area contributed by atoms with Crippen molar-refractivity contribution in [2.45, 2.75) is 13.0 Å². The van der Waals surface area contributed by atoms with Gasteiger partial charge in [0.05, 0.1) is 6.04 Å². The number of H-pyrrole nitrogens is 1. The molecule has 2 saturated heterocycles. The maximum absolute atomic E-state index is 12.7. The Labute approximate surface area is 158 Å². The second kappa shape index (κ2) is 7.52. The van der Waals surface area contributed by atoms with Crippen molar-refractivity contribution in [3.8, 4) is 0 Å². The van der Waals surface area contributed by atoms with E-state index in [4.69, 9.17) is 4.74 Å². The zero-order valence-electron chi connectivity index (χ0n) is 15.4. The van der Waals surface area contributed by atoms with Gasteiger partial charge in [0, 0.05) is 44.3 Å². The fourth-order valence-electron chi connectivity index (χ4n) is 4.36. The number of likely N-dealkylation sites (tertiary alicyclic amines) is 2. The molecule has 142 valence electrons. The molecule has 2 aromatic rings. The molecule has 0 radical (unpaired) electrons. The van der Waals surface area contributed by atoms with Gasteiger partial charge in [-0.15, -0.1) is 0 Å². The third-order valence-corrected chi connectivity index (χ3v) is 5.57. The molecule has 7 heteroatoms. The Bertz CT molecular complexity index is 793. The van der Waals surface area contributed by atoms with E-state index in [0.29, 0.717) is 31.9 Å². The van der Waals surface area contributed by atoms with E-state index in [2.05, 4.69) is 22.3 Å². The summed E-state index contributed by atoms with van der Waals surface area (Å²) >= 11 is 0. The lowest BCUT2D eigenvalue weighted by molar-refractivity contribution is -0.137.